The fraction of sp³-hybridized carbons (Fsp3) is 0.273. The maximum atomic E-state index is 11.4. The SMILES string of the molecule is C=C/N=C\C=C(/C=C)C(=O)C(C)C. The molecule has 0 amide bonds. The Morgan fingerprint density at radius 1 is 1.38 bits per heavy atom. The van der Waals surface area contributed by atoms with Gasteiger partial charge in [-0.05, 0) is 6.08 Å². The van der Waals surface area contributed by atoms with Crippen LogP contribution in [0, 0.1) is 5.92 Å². The van der Waals surface area contributed by atoms with Gasteiger partial charge in [0.1, 0.15) is 0 Å². The molecule has 0 radical (unpaired) electrons. The van der Waals surface area contributed by atoms with E-state index in [1.54, 1.807) is 6.08 Å². The van der Waals surface area contributed by atoms with Crippen LogP contribution in [0.3, 0.4) is 0 Å². The van der Waals surface area contributed by atoms with Gasteiger partial charge in [0.25, 0.3) is 0 Å². The number of nitrogens with zero attached hydrogens (tertiary/aromatic N) is 1. The van der Waals surface area contributed by atoms with E-state index in [0.717, 1.165) is 0 Å². The van der Waals surface area contributed by atoms with Crippen LogP contribution in [0.5, 0.6) is 0 Å². The average Bonchev–Trinajstić information content (AvgIpc) is 2.11. The lowest BCUT2D eigenvalue weighted by Crippen LogP contribution is -2.08. The molecule has 2 heteroatoms. The Bertz CT molecular complexity index is 259. The van der Waals surface area contributed by atoms with Crippen molar-refractivity contribution >= 4 is 12.0 Å². The molecule has 0 rings (SSSR count). The minimum Gasteiger partial charge on any atom is -0.294 e. The molecule has 0 atom stereocenters. The van der Waals surface area contributed by atoms with Gasteiger partial charge in [0, 0.05) is 23.9 Å². The molecule has 0 heterocycles. The van der Waals surface area contributed by atoms with Gasteiger partial charge in [0.2, 0.25) is 0 Å². The highest BCUT2D eigenvalue weighted by atomic mass is 16.1. The van der Waals surface area contributed by atoms with Crippen LogP contribution in [0.2, 0.25) is 0 Å². The van der Waals surface area contributed by atoms with Crippen LogP contribution in [0.25, 0.3) is 0 Å². The van der Waals surface area contributed by atoms with Crippen molar-refractivity contribution in [1.29, 1.82) is 0 Å². The van der Waals surface area contributed by atoms with Gasteiger partial charge in [-0.3, -0.25) is 9.79 Å². The zero-order chi connectivity index (χ0) is 10.3. The Labute approximate surface area is 79.4 Å². The number of hydrogen-bond donors (Lipinski definition) is 0. The highest BCUT2D eigenvalue weighted by Gasteiger charge is 2.09. The number of Topliss-reactive ketones (excluding diaryl/α,β-unsaturated/α-hetero) is 1. The molecule has 0 N–H and O–H groups in total. The Morgan fingerprint density at radius 3 is 2.38 bits per heavy atom. The van der Waals surface area contributed by atoms with E-state index in [0.29, 0.717) is 5.57 Å². The van der Waals surface area contributed by atoms with E-state index in [2.05, 4.69) is 18.2 Å². The van der Waals surface area contributed by atoms with E-state index in [1.165, 1.54) is 18.5 Å². The summed E-state index contributed by atoms with van der Waals surface area (Å²) in [5.74, 6) is 0.0619. The van der Waals surface area contributed by atoms with E-state index < -0.39 is 0 Å². The predicted octanol–water partition coefficient (Wildman–Crippen LogP) is 2.54. The summed E-state index contributed by atoms with van der Waals surface area (Å²) >= 11 is 0. The number of rotatable bonds is 5. The topological polar surface area (TPSA) is 29.4 Å². The smallest absolute Gasteiger partial charge is 0.165 e. The summed E-state index contributed by atoms with van der Waals surface area (Å²) in [6, 6.07) is 0. The van der Waals surface area contributed by atoms with Crippen LogP contribution in [-0.4, -0.2) is 12.0 Å². The van der Waals surface area contributed by atoms with Gasteiger partial charge >= 0.3 is 0 Å². The second-order valence-electron chi connectivity index (χ2n) is 2.83. The molecule has 0 spiro atoms. The summed E-state index contributed by atoms with van der Waals surface area (Å²) < 4.78 is 0. The molecule has 0 aromatic rings. The molecule has 70 valence electrons. The van der Waals surface area contributed by atoms with Crippen LogP contribution in [0.1, 0.15) is 13.8 Å². The van der Waals surface area contributed by atoms with Crippen molar-refractivity contribution in [3.8, 4) is 0 Å². The lowest BCUT2D eigenvalue weighted by molar-refractivity contribution is -0.117. The number of carbonyl (C=O) groups excluding carboxylic acids is 1. The lowest BCUT2D eigenvalue weighted by atomic mass is 10.0. The van der Waals surface area contributed by atoms with Crippen molar-refractivity contribution in [3.05, 3.63) is 37.1 Å². The lowest BCUT2D eigenvalue weighted by Gasteiger charge is -2.02. The van der Waals surface area contributed by atoms with E-state index in [4.69, 9.17) is 0 Å². The van der Waals surface area contributed by atoms with Crippen LogP contribution in [0.4, 0.5) is 0 Å². The van der Waals surface area contributed by atoms with E-state index in [1.807, 2.05) is 13.8 Å². The predicted molar refractivity (Wildman–Crippen MR) is 56.8 cm³/mol. The van der Waals surface area contributed by atoms with Crippen molar-refractivity contribution in [2.75, 3.05) is 0 Å². The van der Waals surface area contributed by atoms with Crippen molar-refractivity contribution in [2.24, 2.45) is 10.9 Å². The number of ketones is 1. The second-order valence-corrected chi connectivity index (χ2v) is 2.83. The Hall–Kier alpha value is -1.44. The second kappa shape index (κ2) is 6.12. The largest absolute Gasteiger partial charge is 0.294 e. The quantitative estimate of drug-likeness (QED) is 0.360. The van der Waals surface area contributed by atoms with Gasteiger partial charge in [-0.2, -0.15) is 0 Å². The molecule has 0 aliphatic heterocycles. The maximum absolute atomic E-state index is 11.4. The van der Waals surface area contributed by atoms with Gasteiger partial charge in [0.15, 0.2) is 5.78 Å². The molecule has 0 fully saturated rings. The van der Waals surface area contributed by atoms with Gasteiger partial charge in [-0.25, -0.2) is 0 Å². The first-order valence-corrected chi connectivity index (χ1v) is 4.14. The summed E-state index contributed by atoms with van der Waals surface area (Å²) in [6.45, 7) is 10.7. The summed E-state index contributed by atoms with van der Waals surface area (Å²) in [5, 5.41) is 0. The van der Waals surface area contributed by atoms with Crippen LogP contribution < -0.4 is 0 Å². The first kappa shape index (κ1) is 11.6. The number of hydrogen-bond acceptors (Lipinski definition) is 2. The molecular formula is C11H15NO. The number of carbonyl (C=O) groups is 1. The van der Waals surface area contributed by atoms with Gasteiger partial charge in [-0.15, -0.1) is 0 Å². The zero-order valence-electron chi connectivity index (χ0n) is 8.16. The van der Waals surface area contributed by atoms with Crippen LogP contribution in [-0.2, 0) is 4.79 Å². The van der Waals surface area contributed by atoms with Gasteiger partial charge in [0.05, 0.1) is 0 Å². The van der Waals surface area contributed by atoms with Crippen molar-refractivity contribution in [2.45, 2.75) is 13.8 Å². The van der Waals surface area contributed by atoms with Crippen LogP contribution in [0.15, 0.2) is 42.1 Å². The third-order valence-corrected chi connectivity index (χ3v) is 1.47. The molecule has 2 nitrogen and oxygen atoms in total. The summed E-state index contributed by atoms with van der Waals surface area (Å²) in [5.41, 5.74) is 0.584. The molecule has 0 aliphatic carbocycles. The van der Waals surface area contributed by atoms with Crippen molar-refractivity contribution < 1.29 is 4.79 Å². The zero-order valence-corrected chi connectivity index (χ0v) is 8.16. The number of allylic oxidation sites excluding steroid dienone is 3. The third kappa shape index (κ3) is 4.21. The highest BCUT2D eigenvalue weighted by Crippen LogP contribution is 2.05. The molecule has 13 heavy (non-hydrogen) atoms. The molecule has 0 unspecified atom stereocenters. The van der Waals surface area contributed by atoms with E-state index in [-0.39, 0.29) is 11.7 Å². The standard InChI is InChI=1S/C11H15NO/c1-5-10(7-8-12-6-2)11(13)9(3)4/h5-9H,1-2H2,3-4H3/b10-7+,12-8-. The Balaban J connectivity index is 4.59. The minimum atomic E-state index is -0.0126. The maximum Gasteiger partial charge on any atom is 0.165 e. The highest BCUT2D eigenvalue weighted by molar-refractivity contribution is 6.02. The molecule has 0 bridgehead atoms. The normalized spacial score (nSPS) is 12.1. The van der Waals surface area contributed by atoms with E-state index >= 15 is 0 Å². The van der Waals surface area contributed by atoms with Crippen molar-refractivity contribution in [3.63, 3.8) is 0 Å². The summed E-state index contributed by atoms with van der Waals surface area (Å²) in [7, 11) is 0. The summed E-state index contributed by atoms with van der Waals surface area (Å²) in [6.07, 6.45) is 6.12. The van der Waals surface area contributed by atoms with Crippen molar-refractivity contribution in [1.82, 2.24) is 0 Å². The molecule has 0 aromatic carbocycles. The fourth-order valence-corrected chi connectivity index (χ4v) is 0.768. The first-order valence-electron chi connectivity index (χ1n) is 4.14. The first-order chi connectivity index (χ1) is 6.13. The molecule has 0 aromatic heterocycles. The fourth-order valence-electron chi connectivity index (χ4n) is 0.768. The van der Waals surface area contributed by atoms with E-state index in [9.17, 15) is 4.79 Å². The Morgan fingerprint density at radius 2 is 2.00 bits per heavy atom. The van der Waals surface area contributed by atoms with Gasteiger partial charge in [-0.1, -0.05) is 33.1 Å². The minimum absolute atomic E-state index is 0.0126. The average molecular weight is 177 g/mol. The third-order valence-electron chi connectivity index (χ3n) is 1.47. The number of aliphatic imine (C=N–C) groups is 1. The molecule has 0 saturated carbocycles. The monoisotopic (exact) mass is 177 g/mol. The molecule has 0 saturated heterocycles. The molecule has 0 aliphatic rings. The summed E-state index contributed by atoms with van der Waals surface area (Å²) in [4.78, 5) is 15.2. The Kier molecular flexibility index (Phi) is 5.44. The molecular weight excluding hydrogens is 162 g/mol. The van der Waals surface area contributed by atoms with Crippen LogP contribution >= 0.6 is 0 Å². The van der Waals surface area contributed by atoms with Gasteiger partial charge < -0.3 is 0 Å².